The monoisotopic (exact) mass is 278 g/mol. The van der Waals surface area contributed by atoms with Crippen molar-refractivity contribution in [3.63, 3.8) is 0 Å². The van der Waals surface area contributed by atoms with Gasteiger partial charge < -0.3 is 5.11 Å². The number of hydrogen-bond donors (Lipinski definition) is 1. The second-order valence-corrected chi connectivity index (χ2v) is 5.34. The summed E-state index contributed by atoms with van der Waals surface area (Å²) in [6.45, 7) is 0. The SMILES string of the molecule is OC1CSCc2c(Cl)cc(Br)cc21. The maximum Gasteiger partial charge on any atom is 0.0884 e. The molecule has 1 N–H and O–H groups in total. The van der Waals surface area contributed by atoms with Crippen LogP contribution >= 0.6 is 39.3 Å². The van der Waals surface area contributed by atoms with Crippen molar-refractivity contribution in [2.75, 3.05) is 5.75 Å². The van der Waals surface area contributed by atoms with Gasteiger partial charge in [0.1, 0.15) is 0 Å². The Morgan fingerprint density at radius 3 is 3.08 bits per heavy atom. The van der Waals surface area contributed by atoms with Gasteiger partial charge in [-0.05, 0) is 23.3 Å². The summed E-state index contributed by atoms with van der Waals surface area (Å²) >= 11 is 11.1. The fraction of sp³-hybridized carbons (Fsp3) is 0.333. The molecule has 4 heteroatoms. The van der Waals surface area contributed by atoms with Gasteiger partial charge in [-0.15, -0.1) is 0 Å². The van der Waals surface area contributed by atoms with Gasteiger partial charge in [0.2, 0.25) is 0 Å². The Hall–Kier alpha value is 0.300. The van der Waals surface area contributed by atoms with Crippen LogP contribution in [0.5, 0.6) is 0 Å². The van der Waals surface area contributed by atoms with Crippen molar-refractivity contribution in [3.05, 3.63) is 32.8 Å². The minimum atomic E-state index is -0.372. The van der Waals surface area contributed by atoms with Crippen LogP contribution in [0.25, 0.3) is 0 Å². The van der Waals surface area contributed by atoms with E-state index >= 15 is 0 Å². The van der Waals surface area contributed by atoms with Crippen LogP contribution in [0.3, 0.4) is 0 Å². The molecule has 0 spiro atoms. The van der Waals surface area contributed by atoms with Gasteiger partial charge in [0.25, 0.3) is 0 Å². The van der Waals surface area contributed by atoms with Crippen molar-refractivity contribution in [3.8, 4) is 0 Å². The molecule has 0 fully saturated rings. The van der Waals surface area contributed by atoms with E-state index in [-0.39, 0.29) is 6.10 Å². The Balaban J connectivity index is 2.56. The van der Waals surface area contributed by atoms with Crippen LogP contribution in [0.15, 0.2) is 16.6 Å². The van der Waals surface area contributed by atoms with Crippen LogP contribution in [0.1, 0.15) is 17.2 Å². The van der Waals surface area contributed by atoms with Crippen LogP contribution in [-0.4, -0.2) is 10.9 Å². The predicted octanol–water partition coefficient (Wildman–Crippen LogP) is 3.38. The second-order valence-electron chi connectivity index (χ2n) is 2.99. The molecule has 0 amide bonds. The Morgan fingerprint density at radius 2 is 2.31 bits per heavy atom. The van der Waals surface area contributed by atoms with Crippen molar-refractivity contribution >= 4 is 39.3 Å². The Labute approximate surface area is 94.6 Å². The first-order chi connectivity index (χ1) is 6.18. The first-order valence-corrected chi connectivity index (χ1v) is 6.24. The number of hydrogen-bond acceptors (Lipinski definition) is 2. The molecule has 13 heavy (non-hydrogen) atoms. The number of aliphatic hydroxyl groups excluding tert-OH is 1. The summed E-state index contributed by atoms with van der Waals surface area (Å²) in [7, 11) is 0. The number of aliphatic hydroxyl groups is 1. The van der Waals surface area contributed by atoms with E-state index in [4.69, 9.17) is 11.6 Å². The summed E-state index contributed by atoms with van der Waals surface area (Å²) in [5.74, 6) is 1.66. The quantitative estimate of drug-likeness (QED) is 0.785. The molecule has 0 aliphatic carbocycles. The molecule has 0 bridgehead atoms. The van der Waals surface area contributed by atoms with Gasteiger partial charge in [-0.1, -0.05) is 27.5 Å². The van der Waals surface area contributed by atoms with Crippen molar-refractivity contribution < 1.29 is 5.11 Å². The summed E-state index contributed by atoms with van der Waals surface area (Å²) < 4.78 is 0.933. The maximum atomic E-state index is 9.71. The molecule has 1 aliphatic rings. The van der Waals surface area contributed by atoms with E-state index in [1.807, 2.05) is 12.1 Å². The average molecular weight is 280 g/mol. The Bertz CT molecular complexity index is 343. The molecule has 1 aliphatic heterocycles. The summed E-state index contributed by atoms with van der Waals surface area (Å²) in [4.78, 5) is 0. The van der Waals surface area contributed by atoms with Crippen LogP contribution in [0, 0.1) is 0 Å². The van der Waals surface area contributed by atoms with Gasteiger partial charge in [-0.2, -0.15) is 11.8 Å². The highest BCUT2D eigenvalue weighted by molar-refractivity contribution is 9.10. The molecular formula is C9H8BrClOS. The van der Waals surface area contributed by atoms with Gasteiger partial charge in [0.05, 0.1) is 6.10 Å². The first-order valence-electron chi connectivity index (χ1n) is 3.92. The molecule has 0 radical (unpaired) electrons. The highest BCUT2D eigenvalue weighted by atomic mass is 79.9. The van der Waals surface area contributed by atoms with E-state index in [9.17, 15) is 5.11 Å². The minimum absolute atomic E-state index is 0.372. The third-order valence-corrected chi connectivity index (χ3v) is 3.92. The van der Waals surface area contributed by atoms with Crippen molar-refractivity contribution in [2.45, 2.75) is 11.9 Å². The largest absolute Gasteiger partial charge is 0.388 e. The lowest BCUT2D eigenvalue weighted by Gasteiger charge is -2.22. The Kier molecular flexibility index (Phi) is 2.88. The standard InChI is InChI=1S/C9H8BrClOS/c10-5-1-6-7(8(11)2-5)3-13-4-9(6)12/h1-2,9,12H,3-4H2. The number of halogens is 2. The van der Waals surface area contributed by atoms with E-state index < -0.39 is 0 Å². The summed E-state index contributed by atoms with van der Waals surface area (Å²) in [5.41, 5.74) is 2.05. The lowest BCUT2D eigenvalue weighted by molar-refractivity contribution is 0.201. The average Bonchev–Trinajstić information content (AvgIpc) is 2.07. The van der Waals surface area contributed by atoms with E-state index in [1.165, 1.54) is 0 Å². The minimum Gasteiger partial charge on any atom is -0.388 e. The lowest BCUT2D eigenvalue weighted by atomic mass is 10.0. The zero-order valence-corrected chi connectivity index (χ0v) is 9.92. The van der Waals surface area contributed by atoms with Crippen LogP contribution < -0.4 is 0 Å². The maximum absolute atomic E-state index is 9.71. The summed E-state index contributed by atoms with van der Waals surface area (Å²) in [6.07, 6.45) is -0.372. The summed E-state index contributed by atoms with van der Waals surface area (Å²) in [6, 6.07) is 3.82. The second kappa shape index (κ2) is 3.81. The van der Waals surface area contributed by atoms with Crippen molar-refractivity contribution in [1.29, 1.82) is 0 Å². The van der Waals surface area contributed by atoms with E-state index in [2.05, 4.69) is 15.9 Å². The van der Waals surface area contributed by atoms with Crippen LogP contribution in [0.2, 0.25) is 5.02 Å². The van der Waals surface area contributed by atoms with E-state index in [0.717, 1.165) is 32.1 Å². The van der Waals surface area contributed by atoms with Gasteiger partial charge in [-0.25, -0.2) is 0 Å². The van der Waals surface area contributed by atoms with Gasteiger partial charge in [0.15, 0.2) is 0 Å². The topological polar surface area (TPSA) is 20.2 Å². The first kappa shape index (κ1) is 9.84. The summed E-state index contributed by atoms with van der Waals surface area (Å²) in [5, 5.41) is 10.5. The molecule has 0 saturated heterocycles. The molecule has 0 saturated carbocycles. The van der Waals surface area contributed by atoms with Crippen LogP contribution in [-0.2, 0) is 5.75 Å². The predicted molar refractivity (Wildman–Crippen MR) is 60.3 cm³/mol. The van der Waals surface area contributed by atoms with Crippen molar-refractivity contribution in [2.24, 2.45) is 0 Å². The molecule has 1 atom stereocenters. The highest BCUT2D eigenvalue weighted by Crippen LogP contribution is 2.37. The number of thioether (sulfide) groups is 1. The molecule has 2 rings (SSSR count). The molecule has 0 aromatic heterocycles. The molecule has 1 unspecified atom stereocenters. The normalized spacial score (nSPS) is 21.3. The van der Waals surface area contributed by atoms with Crippen molar-refractivity contribution in [1.82, 2.24) is 0 Å². The molecule has 1 aromatic carbocycles. The molecule has 1 aromatic rings. The van der Waals surface area contributed by atoms with Crippen LogP contribution in [0.4, 0.5) is 0 Å². The number of rotatable bonds is 0. The number of fused-ring (bicyclic) bond motifs is 1. The lowest BCUT2D eigenvalue weighted by Crippen LogP contribution is -2.10. The fourth-order valence-corrected chi connectivity index (χ4v) is 3.46. The molecule has 1 nitrogen and oxygen atoms in total. The van der Waals surface area contributed by atoms with E-state index in [1.54, 1.807) is 11.8 Å². The third-order valence-electron chi connectivity index (χ3n) is 2.08. The van der Waals surface area contributed by atoms with Gasteiger partial charge in [-0.3, -0.25) is 0 Å². The third kappa shape index (κ3) is 1.89. The molecule has 70 valence electrons. The zero-order valence-electron chi connectivity index (χ0n) is 6.76. The number of benzene rings is 1. The van der Waals surface area contributed by atoms with Gasteiger partial charge in [0, 0.05) is 21.0 Å². The fourth-order valence-electron chi connectivity index (χ4n) is 1.44. The molecule has 1 heterocycles. The highest BCUT2D eigenvalue weighted by Gasteiger charge is 2.20. The van der Waals surface area contributed by atoms with Gasteiger partial charge >= 0.3 is 0 Å². The Morgan fingerprint density at radius 1 is 1.54 bits per heavy atom. The molecular weight excluding hydrogens is 272 g/mol. The zero-order chi connectivity index (χ0) is 9.42. The van der Waals surface area contributed by atoms with E-state index in [0.29, 0.717) is 0 Å². The smallest absolute Gasteiger partial charge is 0.0884 e.